The largest absolute Gasteiger partial charge is 0.487 e. The number of ether oxygens (including phenoxy) is 1. The highest BCUT2D eigenvalue weighted by Gasteiger charge is 2.08. The SMILES string of the molecule is O=c1ccc2ccc(OC/C(=N\O)c3ccc4ccccc4c3)cc2o1. The molecule has 0 fully saturated rings. The molecule has 5 heteroatoms. The fraction of sp³-hybridized carbons (Fsp3) is 0.0476. The Morgan fingerprint density at radius 2 is 1.69 bits per heavy atom. The molecule has 128 valence electrons. The lowest BCUT2D eigenvalue weighted by atomic mass is 10.0. The van der Waals surface area contributed by atoms with Crippen LogP contribution in [0.3, 0.4) is 0 Å². The third-order valence-electron chi connectivity index (χ3n) is 4.17. The van der Waals surface area contributed by atoms with Crippen molar-refractivity contribution < 1.29 is 14.4 Å². The van der Waals surface area contributed by atoms with Crippen LogP contribution in [0.5, 0.6) is 5.75 Å². The van der Waals surface area contributed by atoms with Gasteiger partial charge >= 0.3 is 5.63 Å². The zero-order valence-electron chi connectivity index (χ0n) is 13.8. The molecule has 0 spiro atoms. The van der Waals surface area contributed by atoms with Crippen molar-refractivity contribution in [2.24, 2.45) is 5.16 Å². The molecule has 0 radical (unpaired) electrons. The minimum atomic E-state index is -0.413. The van der Waals surface area contributed by atoms with E-state index in [4.69, 9.17) is 9.15 Å². The summed E-state index contributed by atoms with van der Waals surface area (Å²) in [5.41, 5.74) is 1.22. The fourth-order valence-electron chi connectivity index (χ4n) is 2.82. The Labute approximate surface area is 148 Å². The summed E-state index contributed by atoms with van der Waals surface area (Å²) in [6, 6.07) is 22.1. The number of fused-ring (bicyclic) bond motifs is 2. The van der Waals surface area contributed by atoms with Gasteiger partial charge in [-0.05, 0) is 35.0 Å². The molecule has 4 aromatic rings. The zero-order valence-corrected chi connectivity index (χ0v) is 13.8. The van der Waals surface area contributed by atoms with E-state index in [0.717, 1.165) is 21.7 Å². The summed E-state index contributed by atoms with van der Waals surface area (Å²) in [4.78, 5) is 11.3. The lowest BCUT2D eigenvalue weighted by Crippen LogP contribution is -2.13. The van der Waals surface area contributed by atoms with Gasteiger partial charge in [-0.15, -0.1) is 0 Å². The highest BCUT2D eigenvalue weighted by molar-refractivity contribution is 6.04. The molecular weight excluding hydrogens is 330 g/mol. The highest BCUT2D eigenvalue weighted by atomic mass is 16.5. The predicted octanol–water partition coefficient (Wildman–Crippen LogP) is 4.20. The molecule has 1 N–H and O–H groups in total. The number of hydrogen-bond donors (Lipinski definition) is 1. The molecule has 0 saturated carbocycles. The van der Waals surface area contributed by atoms with Gasteiger partial charge in [0.15, 0.2) is 0 Å². The van der Waals surface area contributed by atoms with Gasteiger partial charge in [0.25, 0.3) is 0 Å². The van der Waals surface area contributed by atoms with Crippen molar-refractivity contribution in [3.63, 3.8) is 0 Å². The quantitative estimate of drug-likeness (QED) is 0.260. The Bertz CT molecular complexity index is 1180. The molecule has 0 aliphatic carbocycles. The first-order valence-electron chi connectivity index (χ1n) is 8.10. The number of nitrogens with zero attached hydrogens (tertiary/aromatic N) is 1. The Hall–Kier alpha value is -3.60. The maximum Gasteiger partial charge on any atom is 0.336 e. The van der Waals surface area contributed by atoms with Gasteiger partial charge in [-0.3, -0.25) is 0 Å². The molecule has 0 saturated heterocycles. The van der Waals surface area contributed by atoms with Crippen LogP contribution in [0.4, 0.5) is 0 Å². The summed E-state index contributed by atoms with van der Waals surface area (Å²) in [6.07, 6.45) is 0. The van der Waals surface area contributed by atoms with Crippen LogP contribution in [-0.4, -0.2) is 17.5 Å². The summed E-state index contributed by atoms with van der Waals surface area (Å²) in [5.74, 6) is 0.522. The van der Waals surface area contributed by atoms with Crippen molar-refractivity contribution in [2.45, 2.75) is 0 Å². The van der Waals surface area contributed by atoms with Crippen LogP contribution in [0.1, 0.15) is 5.56 Å². The average molecular weight is 345 g/mol. The molecule has 1 heterocycles. The monoisotopic (exact) mass is 345 g/mol. The van der Waals surface area contributed by atoms with Crippen molar-refractivity contribution >= 4 is 27.5 Å². The fourth-order valence-corrected chi connectivity index (χ4v) is 2.82. The molecule has 0 atom stereocenters. The lowest BCUT2D eigenvalue weighted by molar-refractivity contribution is 0.308. The van der Waals surface area contributed by atoms with E-state index in [-0.39, 0.29) is 6.61 Å². The molecule has 4 rings (SSSR count). The van der Waals surface area contributed by atoms with Crippen LogP contribution in [0.15, 0.2) is 87.2 Å². The van der Waals surface area contributed by atoms with E-state index in [1.54, 1.807) is 24.3 Å². The molecule has 0 amide bonds. The van der Waals surface area contributed by atoms with Gasteiger partial charge in [0.1, 0.15) is 23.7 Å². The molecule has 0 bridgehead atoms. The van der Waals surface area contributed by atoms with Crippen LogP contribution in [0, 0.1) is 0 Å². The molecule has 1 aromatic heterocycles. The first-order valence-corrected chi connectivity index (χ1v) is 8.10. The van der Waals surface area contributed by atoms with Crippen LogP contribution in [0.2, 0.25) is 0 Å². The summed E-state index contributed by atoms with van der Waals surface area (Å²) >= 11 is 0. The number of rotatable bonds is 4. The Kier molecular flexibility index (Phi) is 4.11. The predicted molar refractivity (Wildman–Crippen MR) is 100 cm³/mol. The van der Waals surface area contributed by atoms with E-state index in [9.17, 15) is 10.0 Å². The third-order valence-corrected chi connectivity index (χ3v) is 4.17. The lowest BCUT2D eigenvalue weighted by Gasteiger charge is -2.09. The van der Waals surface area contributed by atoms with Gasteiger partial charge in [0.2, 0.25) is 0 Å². The number of hydrogen-bond acceptors (Lipinski definition) is 5. The van der Waals surface area contributed by atoms with E-state index in [0.29, 0.717) is 17.0 Å². The van der Waals surface area contributed by atoms with E-state index in [1.165, 1.54) is 6.07 Å². The molecule has 26 heavy (non-hydrogen) atoms. The van der Waals surface area contributed by atoms with Crippen LogP contribution >= 0.6 is 0 Å². The van der Waals surface area contributed by atoms with Crippen molar-refractivity contribution in [3.05, 3.63) is 88.8 Å². The van der Waals surface area contributed by atoms with Crippen molar-refractivity contribution in [1.29, 1.82) is 0 Å². The Balaban J connectivity index is 1.57. The second-order valence-corrected chi connectivity index (χ2v) is 5.85. The van der Waals surface area contributed by atoms with E-state index in [2.05, 4.69) is 5.16 Å². The van der Waals surface area contributed by atoms with Crippen molar-refractivity contribution in [2.75, 3.05) is 6.61 Å². The highest BCUT2D eigenvalue weighted by Crippen LogP contribution is 2.20. The van der Waals surface area contributed by atoms with Gasteiger partial charge in [-0.2, -0.15) is 0 Å². The summed E-state index contributed by atoms with van der Waals surface area (Å²) < 4.78 is 10.9. The minimum Gasteiger partial charge on any atom is -0.487 e. The second kappa shape index (κ2) is 6.72. The molecule has 0 unspecified atom stereocenters. The van der Waals surface area contributed by atoms with Gasteiger partial charge in [0.05, 0.1) is 0 Å². The third kappa shape index (κ3) is 3.15. The number of benzene rings is 3. The first kappa shape index (κ1) is 15.9. The molecule has 3 aromatic carbocycles. The number of oxime groups is 1. The van der Waals surface area contributed by atoms with Gasteiger partial charge in [-0.1, -0.05) is 41.6 Å². The first-order chi connectivity index (χ1) is 12.7. The molecule has 5 nitrogen and oxygen atoms in total. The van der Waals surface area contributed by atoms with Crippen LogP contribution < -0.4 is 10.4 Å². The van der Waals surface area contributed by atoms with Crippen molar-refractivity contribution in [1.82, 2.24) is 0 Å². The van der Waals surface area contributed by atoms with E-state index >= 15 is 0 Å². The van der Waals surface area contributed by atoms with E-state index in [1.807, 2.05) is 42.5 Å². The Morgan fingerprint density at radius 1 is 0.923 bits per heavy atom. The van der Waals surface area contributed by atoms with Gasteiger partial charge in [0, 0.05) is 23.1 Å². The second-order valence-electron chi connectivity index (χ2n) is 5.85. The standard InChI is InChI=1S/C21H15NO4/c23-21-10-8-15-7-9-18(12-20(15)26-21)25-13-19(22-24)17-6-5-14-3-1-2-4-16(14)11-17/h1-12,24H,13H2/b22-19+. The summed E-state index contributed by atoms with van der Waals surface area (Å²) in [7, 11) is 0. The maximum absolute atomic E-state index is 11.3. The Morgan fingerprint density at radius 3 is 2.54 bits per heavy atom. The minimum absolute atomic E-state index is 0.0808. The summed E-state index contributed by atoms with van der Waals surface area (Å²) in [5, 5.41) is 15.7. The molecule has 0 aliphatic rings. The van der Waals surface area contributed by atoms with Crippen LogP contribution in [-0.2, 0) is 0 Å². The molecule has 0 aliphatic heterocycles. The zero-order chi connectivity index (χ0) is 17.9. The smallest absolute Gasteiger partial charge is 0.336 e. The topological polar surface area (TPSA) is 72.0 Å². The summed E-state index contributed by atoms with van der Waals surface area (Å²) in [6.45, 7) is 0.0808. The molecular formula is C21H15NO4. The van der Waals surface area contributed by atoms with Gasteiger partial charge in [-0.25, -0.2) is 4.79 Å². The van der Waals surface area contributed by atoms with Gasteiger partial charge < -0.3 is 14.4 Å². The van der Waals surface area contributed by atoms with Crippen molar-refractivity contribution in [3.8, 4) is 5.75 Å². The maximum atomic E-state index is 11.3. The average Bonchev–Trinajstić information content (AvgIpc) is 2.68. The van der Waals surface area contributed by atoms with E-state index < -0.39 is 5.63 Å². The normalized spacial score (nSPS) is 11.8. The van der Waals surface area contributed by atoms with Crippen LogP contribution in [0.25, 0.3) is 21.7 Å².